The first-order valence-corrected chi connectivity index (χ1v) is 7.62. The molecule has 1 atom stereocenters. The summed E-state index contributed by atoms with van der Waals surface area (Å²) in [6, 6.07) is 12.1. The highest BCUT2D eigenvalue weighted by molar-refractivity contribution is 7.17. The maximum absolute atomic E-state index is 6.48. The van der Waals surface area contributed by atoms with Crippen LogP contribution in [-0.2, 0) is 0 Å². The van der Waals surface area contributed by atoms with Gasteiger partial charge in [0, 0.05) is 24.0 Å². The molecule has 3 nitrogen and oxygen atoms in total. The Labute approximate surface area is 126 Å². The number of aromatic nitrogens is 2. The Hall–Kier alpha value is -2.30. The van der Waals surface area contributed by atoms with Gasteiger partial charge < -0.3 is 5.73 Å². The van der Waals surface area contributed by atoms with E-state index < -0.39 is 0 Å². The summed E-state index contributed by atoms with van der Waals surface area (Å²) in [6.07, 6.45) is 5.55. The van der Waals surface area contributed by atoms with Crippen molar-refractivity contribution in [2.45, 2.75) is 6.04 Å². The Morgan fingerprint density at radius 2 is 2.05 bits per heavy atom. The monoisotopic (exact) mass is 291 g/mol. The van der Waals surface area contributed by atoms with E-state index in [2.05, 4.69) is 33.5 Å². The topological polar surface area (TPSA) is 51.8 Å². The Kier molecular flexibility index (Phi) is 2.91. The van der Waals surface area contributed by atoms with E-state index in [0.717, 1.165) is 27.4 Å². The Balaban J connectivity index is 1.87. The van der Waals surface area contributed by atoms with Crippen molar-refractivity contribution in [3.05, 3.63) is 71.5 Å². The zero-order valence-electron chi connectivity index (χ0n) is 11.2. The molecular formula is C17H13N3S. The fourth-order valence-electron chi connectivity index (χ4n) is 2.62. The minimum absolute atomic E-state index is 0.197. The molecule has 21 heavy (non-hydrogen) atoms. The van der Waals surface area contributed by atoms with Crippen LogP contribution in [-0.4, -0.2) is 9.97 Å². The quantitative estimate of drug-likeness (QED) is 0.609. The predicted octanol–water partition coefficient (Wildman–Crippen LogP) is 3.89. The third-order valence-corrected chi connectivity index (χ3v) is 4.59. The van der Waals surface area contributed by atoms with Crippen LogP contribution in [0.4, 0.5) is 0 Å². The highest BCUT2D eigenvalue weighted by Gasteiger charge is 2.13. The molecule has 0 spiro atoms. The Morgan fingerprint density at radius 3 is 3.00 bits per heavy atom. The molecule has 0 saturated heterocycles. The van der Waals surface area contributed by atoms with Gasteiger partial charge in [-0.2, -0.15) is 0 Å². The maximum Gasteiger partial charge on any atom is 0.0809 e. The molecule has 4 heteroatoms. The summed E-state index contributed by atoms with van der Waals surface area (Å²) in [5.74, 6) is 0. The summed E-state index contributed by atoms with van der Waals surface area (Å²) in [5.41, 5.74) is 9.61. The Morgan fingerprint density at radius 1 is 1.10 bits per heavy atom. The SMILES string of the molecule is NC(c1cnc2ccsc2c1)c1cccc2ccncc12. The summed E-state index contributed by atoms with van der Waals surface area (Å²) < 4.78 is 1.17. The van der Waals surface area contributed by atoms with Crippen LogP contribution in [0.1, 0.15) is 17.2 Å². The van der Waals surface area contributed by atoms with Crippen molar-refractivity contribution in [2.75, 3.05) is 0 Å². The molecule has 0 aliphatic heterocycles. The summed E-state index contributed by atoms with van der Waals surface area (Å²) >= 11 is 1.69. The predicted molar refractivity (Wildman–Crippen MR) is 87.4 cm³/mol. The van der Waals surface area contributed by atoms with Crippen LogP contribution in [0.5, 0.6) is 0 Å². The zero-order chi connectivity index (χ0) is 14.2. The fraction of sp³-hybridized carbons (Fsp3) is 0.0588. The van der Waals surface area contributed by atoms with Crippen molar-refractivity contribution in [2.24, 2.45) is 5.73 Å². The number of benzene rings is 1. The van der Waals surface area contributed by atoms with E-state index in [4.69, 9.17) is 5.73 Å². The lowest BCUT2D eigenvalue weighted by Crippen LogP contribution is -2.12. The van der Waals surface area contributed by atoms with Gasteiger partial charge in [0.1, 0.15) is 0 Å². The van der Waals surface area contributed by atoms with Gasteiger partial charge in [0.15, 0.2) is 0 Å². The number of fused-ring (bicyclic) bond motifs is 2. The van der Waals surface area contributed by atoms with Gasteiger partial charge >= 0.3 is 0 Å². The molecule has 3 aromatic heterocycles. The number of thiophene rings is 1. The largest absolute Gasteiger partial charge is 0.320 e. The number of nitrogens with zero attached hydrogens (tertiary/aromatic N) is 2. The van der Waals surface area contributed by atoms with E-state index in [1.54, 1.807) is 17.5 Å². The third-order valence-electron chi connectivity index (χ3n) is 3.74. The summed E-state index contributed by atoms with van der Waals surface area (Å²) in [6.45, 7) is 0. The van der Waals surface area contributed by atoms with Crippen molar-refractivity contribution in [1.29, 1.82) is 0 Å². The first kappa shape index (κ1) is 12.4. The van der Waals surface area contributed by atoms with Gasteiger partial charge in [0.2, 0.25) is 0 Å². The number of rotatable bonds is 2. The van der Waals surface area contributed by atoms with Gasteiger partial charge in [-0.3, -0.25) is 9.97 Å². The van der Waals surface area contributed by atoms with Crippen LogP contribution >= 0.6 is 11.3 Å². The molecule has 1 unspecified atom stereocenters. The maximum atomic E-state index is 6.48. The lowest BCUT2D eigenvalue weighted by Gasteiger charge is -2.14. The van der Waals surface area contributed by atoms with Crippen LogP contribution < -0.4 is 5.73 Å². The molecular weight excluding hydrogens is 278 g/mol. The number of hydrogen-bond acceptors (Lipinski definition) is 4. The molecule has 0 saturated carbocycles. The molecule has 2 N–H and O–H groups in total. The molecule has 1 aromatic carbocycles. The van der Waals surface area contributed by atoms with Crippen molar-refractivity contribution >= 4 is 32.3 Å². The number of hydrogen-bond donors (Lipinski definition) is 1. The molecule has 0 amide bonds. The molecule has 0 aliphatic carbocycles. The van der Waals surface area contributed by atoms with E-state index in [9.17, 15) is 0 Å². The average molecular weight is 291 g/mol. The molecule has 4 rings (SSSR count). The van der Waals surface area contributed by atoms with Crippen molar-refractivity contribution in [3.8, 4) is 0 Å². The van der Waals surface area contributed by atoms with Crippen LogP contribution in [0, 0.1) is 0 Å². The van der Waals surface area contributed by atoms with E-state index in [-0.39, 0.29) is 6.04 Å². The standard InChI is InChI=1S/C17H13N3S/c18-17(12-8-16-15(20-9-12)5-7-21-16)13-3-1-2-11-4-6-19-10-14(11)13/h1-10,17H,18H2. The molecule has 0 fully saturated rings. The highest BCUT2D eigenvalue weighted by Crippen LogP contribution is 2.29. The highest BCUT2D eigenvalue weighted by atomic mass is 32.1. The summed E-state index contributed by atoms with van der Waals surface area (Å²) in [7, 11) is 0. The zero-order valence-corrected chi connectivity index (χ0v) is 12.0. The minimum atomic E-state index is -0.197. The Bertz CT molecular complexity index is 924. The lowest BCUT2D eigenvalue weighted by atomic mass is 9.96. The molecule has 3 heterocycles. The van der Waals surface area contributed by atoms with Crippen LogP contribution in [0.15, 0.2) is 60.4 Å². The normalized spacial score (nSPS) is 12.8. The van der Waals surface area contributed by atoms with E-state index in [1.165, 1.54) is 4.70 Å². The van der Waals surface area contributed by atoms with Crippen molar-refractivity contribution in [3.63, 3.8) is 0 Å². The van der Waals surface area contributed by atoms with E-state index >= 15 is 0 Å². The fourth-order valence-corrected chi connectivity index (χ4v) is 3.41. The van der Waals surface area contributed by atoms with Crippen molar-refractivity contribution in [1.82, 2.24) is 9.97 Å². The molecule has 4 aromatic rings. The lowest BCUT2D eigenvalue weighted by molar-refractivity contribution is 0.876. The molecule has 0 radical (unpaired) electrons. The van der Waals surface area contributed by atoms with Crippen LogP contribution in [0.3, 0.4) is 0 Å². The first-order valence-electron chi connectivity index (χ1n) is 6.74. The average Bonchev–Trinajstić information content (AvgIpc) is 3.01. The summed E-state index contributed by atoms with van der Waals surface area (Å²) in [4.78, 5) is 8.70. The number of nitrogens with two attached hydrogens (primary N) is 1. The van der Waals surface area contributed by atoms with Crippen molar-refractivity contribution < 1.29 is 0 Å². The minimum Gasteiger partial charge on any atom is -0.320 e. The van der Waals surface area contributed by atoms with Gasteiger partial charge in [0.05, 0.1) is 16.3 Å². The second-order valence-electron chi connectivity index (χ2n) is 4.99. The van der Waals surface area contributed by atoms with Crippen LogP contribution in [0.25, 0.3) is 21.0 Å². The smallest absolute Gasteiger partial charge is 0.0809 e. The van der Waals surface area contributed by atoms with Gasteiger partial charge in [-0.15, -0.1) is 11.3 Å². The van der Waals surface area contributed by atoms with Gasteiger partial charge in [-0.05, 0) is 40.1 Å². The second-order valence-corrected chi connectivity index (χ2v) is 5.94. The van der Waals surface area contributed by atoms with Gasteiger partial charge in [0.25, 0.3) is 0 Å². The third kappa shape index (κ3) is 2.09. The first-order chi connectivity index (χ1) is 10.3. The molecule has 102 valence electrons. The summed E-state index contributed by atoms with van der Waals surface area (Å²) in [5, 5.41) is 4.30. The molecule has 0 aliphatic rings. The number of pyridine rings is 2. The van der Waals surface area contributed by atoms with Crippen LogP contribution in [0.2, 0.25) is 0 Å². The van der Waals surface area contributed by atoms with E-state index in [0.29, 0.717) is 0 Å². The molecule has 0 bridgehead atoms. The second kappa shape index (κ2) is 4.91. The van der Waals surface area contributed by atoms with Gasteiger partial charge in [-0.25, -0.2) is 0 Å². The van der Waals surface area contributed by atoms with Gasteiger partial charge in [-0.1, -0.05) is 18.2 Å². The van der Waals surface area contributed by atoms with E-state index in [1.807, 2.05) is 30.6 Å².